The maximum atomic E-state index is 12.3. The number of nitrogens with zero attached hydrogens (tertiary/aromatic N) is 3. The summed E-state index contributed by atoms with van der Waals surface area (Å²) in [4.78, 5) is 34.8. The van der Waals surface area contributed by atoms with E-state index in [4.69, 9.17) is 23.2 Å². The molecule has 1 heterocycles. The zero-order valence-corrected chi connectivity index (χ0v) is 15.4. The molecule has 0 saturated carbocycles. The fourth-order valence-electron chi connectivity index (χ4n) is 2.45. The smallest absolute Gasteiger partial charge is 0.270 e. The van der Waals surface area contributed by atoms with Crippen LogP contribution in [-0.2, 0) is 4.79 Å². The third kappa shape index (κ3) is 3.91. The Kier molecular flexibility index (Phi) is 5.11. The van der Waals surface area contributed by atoms with Crippen LogP contribution >= 0.6 is 23.2 Å². The Morgan fingerprint density at radius 2 is 2.00 bits per heavy atom. The third-order valence-electron chi connectivity index (χ3n) is 3.81. The van der Waals surface area contributed by atoms with Crippen LogP contribution in [0, 0.1) is 17.0 Å². The van der Waals surface area contributed by atoms with Gasteiger partial charge in [-0.05, 0) is 30.7 Å². The average molecular weight is 407 g/mol. The number of hydrazone groups is 1. The highest BCUT2D eigenvalue weighted by molar-refractivity contribution is 6.36. The van der Waals surface area contributed by atoms with Crippen molar-refractivity contribution in [1.82, 2.24) is 5.32 Å². The van der Waals surface area contributed by atoms with Crippen LogP contribution < -0.4 is 10.3 Å². The van der Waals surface area contributed by atoms with Gasteiger partial charge in [0.15, 0.2) is 0 Å². The number of hydrogen-bond acceptors (Lipinski definition) is 5. The SMILES string of the molecule is Cc1cc(Cl)c(N2N=C(NC(=O)c3cccc([N+](=O)[O-])c3)CC2=O)cc1Cl. The number of benzene rings is 2. The predicted octanol–water partition coefficient (Wildman–Crippen LogP) is 3.69. The Hall–Kier alpha value is -2.97. The van der Waals surface area contributed by atoms with Crippen LogP contribution in [0.1, 0.15) is 22.3 Å². The zero-order valence-electron chi connectivity index (χ0n) is 13.9. The Balaban J connectivity index is 1.83. The number of nitro groups is 1. The molecule has 1 N–H and O–H groups in total. The van der Waals surface area contributed by atoms with Crippen molar-refractivity contribution >= 4 is 52.2 Å². The van der Waals surface area contributed by atoms with Crippen molar-refractivity contribution in [1.29, 1.82) is 0 Å². The lowest BCUT2D eigenvalue weighted by atomic mass is 10.2. The zero-order chi connectivity index (χ0) is 19.7. The van der Waals surface area contributed by atoms with Gasteiger partial charge in [-0.2, -0.15) is 10.1 Å². The van der Waals surface area contributed by atoms with E-state index in [1.165, 1.54) is 24.3 Å². The van der Waals surface area contributed by atoms with Crippen LogP contribution in [0.5, 0.6) is 0 Å². The average Bonchev–Trinajstić information content (AvgIpc) is 2.98. The summed E-state index contributed by atoms with van der Waals surface area (Å²) >= 11 is 12.3. The highest BCUT2D eigenvalue weighted by Gasteiger charge is 2.28. The number of non-ortho nitro benzene ring substituents is 1. The van der Waals surface area contributed by atoms with Gasteiger partial charge in [0.2, 0.25) is 0 Å². The van der Waals surface area contributed by atoms with Crippen LogP contribution in [-0.4, -0.2) is 22.6 Å². The van der Waals surface area contributed by atoms with E-state index in [1.807, 2.05) is 0 Å². The molecule has 138 valence electrons. The molecule has 8 nitrogen and oxygen atoms in total. The van der Waals surface area contributed by atoms with Gasteiger partial charge in [0.1, 0.15) is 5.84 Å². The summed E-state index contributed by atoms with van der Waals surface area (Å²) in [5.41, 5.74) is 0.918. The van der Waals surface area contributed by atoms with Crippen molar-refractivity contribution in [3.63, 3.8) is 0 Å². The molecule has 0 radical (unpaired) electrons. The topological polar surface area (TPSA) is 105 Å². The van der Waals surface area contributed by atoms with Gasteiger partial charge in [-0.15, -0.1) is 0 Å². The first-order valence-corrected chi connectivity index (χ1v) is 8.43. The minimum atomic E-state index is -0.611. The molecule has 0 atom stereocenters. The lowest BCUT2D eigenvalue weighted by molar-refractivity contribution is -0.384. The summed E-state index contributed by atoms with van der Waals surface area (Å²) in [6, 6.07) is 8.37. The van der Waals surface area contributed by atoms with E-state index in [1.54, 1.807) is 13.0 Å². The normalized spacial score (nSPS) is 13.5. The molecule has 0 spiro atoms. The summed E-state index contributed by atoms with van der Waals surface area (Å²) in [5.74, 6) is -0.907. The monoisotopic (exact) mass is 406 g/mol. The number of amides is 2. The standard InChI is InChI=1S/C17H12Cl2N4O4/c1-9-5-13(19)14(7-12(9)18)22-16(24)8-15(21-22)20-17(25)10-3-2-4-11(6-10)23(26)27/h2-7H,8H2,1H3,(H,20,21,25). The summed E-state index contributed by atoms with van der Waals surface area (Å²) in [5, 5.41) is 19.2. The van der Waals surface area contributed by atoms with Gasteiger partial charge < -0.3 is 5.32 Å². The molecule has 3 rings (SSSR count). The van der Waals surface area contributed by atoms with E-state index in [-0.39, 0.29) is 23.5 Å². The molecule has 1 aliphatic rings. The maximum absolute atomic E-state index is 12.3. The maximum Gasteiger partial charge on any atom is 0.270 e. The van der Waals surface area contributed by atoms with Gasteiger partial charge in [0, 0.05) is 22.7 Å². The Morgan fingerprint density at radius 1 is 1.26 bits per heavy atom. The highest BCUT2D eigenvalue weighted by atomic mass is 35.5. The first kappa shape index (κ1) is 18.8. The molecular weight excluding hydrogens is 395 g/mol. The summed E-state index contributed by atoms with van der Waals surface area (Å²) < 4.78 is 0. The molecule has 1 aliphatic heterocycles. The van der Waals surface area contributed by atoms with Gasteiger partial charge in [-0.1, -0.05) is 29.3 Å². The number of anilines is 1. The molecule has 0 fully saturated rings. The van der Waals surface area contributed by atoms with Crippen LogP contribution in [0.4, 0.5) is 11.4 Å². The number of carbonyl (C=O) groups is 2. The molecule has 2 amide bonds. The first-order chi connectivity index (χ1) is 12.8. The van der Waals surface area contributed by atoms with Gasteiger partial charge in [0.25, 0.3) is 17.5 Å². The number of aryl methyl sites for hydroxylation is 1. The first-order valence-electron chi connectivity index (χ1n) is 7.68. The summed E-state index contributed by atoms with van der Waals surface area (Å²) in [6.07, 6.45) is -0.150. The minimum Gasteiger partial charge on any atom is -0.308 e. The number of nitro benzene ring substituents is 1. The lowest BCUT2D eigenvalue weighted by Crippen LogP contribution is -2.29. The van der Waals surface area contributed by atoms with E-state index in [2.05, 4.69) is 10.4 Å². The molecule has 27 heavy (non-hydrogen) atoms. The Morgan fingerprint density at radius 3 is 2.70 bits per heavy atom. The van der Waals surface area contributed by atoms with E-state index in [9.17, 15) is 19.7 Å². The van der Waals surface area contributed by atoms with Gasteiger partial charge in [0.05, 0.1) is 22.1 Å². The fourth-order valence-corrected chi connectivity index (χ4v) is 2.91. The lowest BCUT2D eigenvalue weighted by Gasteiger charge is -2.14. The minimum absolute atomic E-state index is 0.0780. The van der Waals surface area contributed by atoms with Crippen molar-refractivity contribution < 1.29 is 14.5 Å². The highest BCUT2D eigenvalue weighted by Crippen LogP contribution is 2.33. The van der Waals surface area contributed by atoms with Crippen molar-refractivity contribution in [3.8, 4) is 0 Å². The number of amidine groups is 1. The Bertz CT molecular complexity index is 1010. The molecule has 10 heteroatoms. The van der Waals surface area contributed by atoms with Gasteiger partial charge in [-0.25, -0.2) is 0 Å². The van der Waals surface area contributed by atoms with Crippen LogP contribution in [0.15, 0.2) is 41.5 Å². The quantitative estimate of drug-likeness (QED) is 0.619. The van der Waals surface area contributed by atoms with E-state index in [0.717, 1.165) is 16.6 Å². The molecule has 2 aromatic carbocycles. The molecule has 2 aromatic rings. The molecule has 0 aliphatic carbocycles. The van der Waals surface area contributed by atoms with Crippen molar-refractivity contribution in [2.45, 2.75) is 13.3 Å². The van der Waals surface area contributed by atoms with Crippen LogP contribution in [0.25, 0.3) is 0 Å². The second-order valence-electron chi connectivity index (χ2n) is 5.74. The molecule has 0 aromatic heterocycles. The number of nitrogens with one attached hydrogen (secondary N) is 1. The van der Waals surface area contributed by atoms with Gasteiger partial charge in [-0.3, -0.25) is 19.7 Å². The molecule has 0 unspecified atom stereocenters. The van der Waals surface area contributed by atoms with Crippen molar-refractivity contribution in [2.75, 3.05) is 5.01 Å². The Labute approximate surface area is 163 Å². The summed E-state index contributed by atoms with van der Waals surface area (Å²) in [6.45, 7) is 1.78. The van der Waals surface area contributed by atoms with E-state index >= 15 is 0 Å². The largest absolute Gasteiger partial charge is 0.308 e. The summed E-state index contributed by atoms with van der Waals surface area (Å²) in [7, 11) is 0. The predicted molar refractivity (Wildman–Crippen MR) is 101 cm³/mol. The van der Waals surface area contributed by atoms with Crippen molar-refractivity contribution in [3.05, 3.63) is 67.7 Å². The third-order valence-corrected chi connectivity index (χ3v) is 4.52. The molecular formula is C17H12Cl2N4O4. The molecule has 0 bridgehead atoms. The second kappa shape index (κ2) is 7.34. The number of hydrogen-bond donors (Lipinski definition) is 1. The number of carbonyl (C=O) groups excluding carboxylic acids is 2. The van der Waals surface area contributed by atoms with Crippen molar-refractivity contribution in [2.24, 2.45) is 5.10 Å². The number of rotatable bonds is 3. The molecule has 0 saturated heterocycles. The van der Waals surface area contributed by atoms with E-state index in [0.29, 0.717) is 15.7 Å². The second-order valence-corrected chi connectivity index (χ2v) is 6.56. The van der Waals surface area contributed by atoms with Crippen LogP contribution in [0.3, 0.4) is 0 Å². The van der Waals surface area contributed by atoms with Gasteiger partial charge >= 0.3 is 0 Å². The fraction of sp³-hybridized carbons (Fsp3) is 0.118. The van der Waals surface area contributed by atoms with E-state index < -0.39 is 16.7 Å². The van der Waals surface area contributed by atoms with Crippen LogP contribution in [0.2, 0.25) is 10.0 Å². The number of halogens is 2.